The van der Waals surface area contributed by atoms with Crippen LogP contribution in [0.3, 0.4) is 0 Å². The number of hydrogen-bond donors (Lipinski definition) is 0. The van der Waals surface area contributed by atoms with E-state index in [1.165, 1.54) is 0 Å². The normalized spacial score (nSPS) is 22.6. The minimum Gasteiger partial charge on any atom is -0.494 e. The number of carbonyl (C=O) groups excluding carboxylic acids is 3. The molecular formula is C34H33NO4. The Hall–Kier alpha value is -3.99. The molecule has 1 aliphatic carbocycles. The van der Waals surface area contributed by atoms with Crippen molar-refractivity contribution < 1.29 is 19.1 Å². The summed E-state index contributed by atoms with van der Waals surface area (Å²) in [4.78, 5) is 46.0. The van der Waals surface area contributed by atoms with Gasteiger partial charge in [0.1, 0.15) is 11.2 Å². The van der Waals surface area contributed by atoms with Gasteiger partial charge in [0.25, 0.3) is 0 Å². The Morgan fingerprint density at radius 2 is 1.59 bits per heavy atom. The Labute approximate surface area is 229 Å². The highest BCUT2D eigenvalue weighted by molar-refractivity contribution is 6.32. The van der Waals surface area contributed by atoms with Crippen LogP contribution in [0.5, 0.6) is 5.75 Å². The minimum atomic E-state index is -1.51. The molecule has 0 radical (unpaired) electrons. The molecule has 5 heteroatoms. The molecular weight excluding hydrogens is 486 g/mol. The molecule has 0 amide bonds. The van der Waals surface area contributed by atoms with Crippen LogP contribution in [0, 0.1) is 17.8 Å². The van der Waals surface area contributed by atoms with E-state index >= 15 is 0 Å². The van der Waals surface area contributed by atoms with Crippen LogP contribution >= 0.6 is 0 Å². The van der Waals surface area contributed by atoms with Gasteiger partial charge in [-0.05, 0) is 37.6 Å². The van der Waals surface area contributed by atoms with E-state index < -0.39 is 28.8 Å². The van der Waals surface area contributed by atoms with Crippen molar-refractivity contribution >= 4 is 29.1 Å². The second kappa shape index (κ2) is 8.77. The first-order valence-corrected chi connectivity index (χ1v) is 13.6. The number of nitrogens with zero attached hydrogens (tertiary/aromatic N) is 1. The molecule has 3 atom stereocenters. The van der Waals surface area contributed by atoms with Crippen LogP contribution in [-0.2, 0) is 4.79 Å². The first-order chi connectivity index (χ1) is 18.6. The maximum atomic E-state index is 14.7. The Bertz CT molecular complexity index is 1520. The maximum absolute atomic E-state index is 14.7. The van der Waals surface area contributed by atoms with Crippen LogP contribution in [0.2, 0.25) is 0 Å². The molecule has 6 rings (SSSR count). The summed E-state index contributed by atoms with van der Waals surface area (Å²) in [7, 11) is 0. The number of ketones is 3. The summed E-state index contributed by atoms with van der Waals surface area (Å²) in [5.74, 6) is -0.612. The number of hydrogen-bond acceptors (Lipinski definition) is 5. The van der Waals surface area contributed by atoms with Crippen LogP contribution in [0.4, 0.5) is 5.69 Å². The van der Waals surface area contributed by atoms with Gasteiger partial charge in [-0.2, -0.15) is 0 Å². The molecule has 0 saturated carbocycles. The molecule has 1 fully saturated rings. The summed E-state index contributed by atoms with van der Waals surface area (Å²) in [5, 5.41) is 0. The first kappa shape index (κ1) is 25.3. The number of rotatable bonds is 4. The number of benzene rings is 3. The van der Waals surface area contributed by atoms with E-state index in [4.69, 9.17) is 4.74 Å². The van der Waals surface area contributed by atoms with Gasteiger partial charge in [0.15, 0.2) is 17.3 Å². The van der Waals surface area contributed by atoms with Crippen molar-refractivity contribution in [2.75, 3.05) is 11.5 Å². The lowest BCUT2D eigenvalue weighted by molar-refractivity contribution is -0.127. The summed E-state index contributed by atoms with van der Waals surface area (Å²) in [5.41, 5.74) is 2.27. The molecule has 3 aliphatic rings. The number of ether oxygens (including phenoxy) is 1. The predicted molar refractivity (Wildman–Crippen MR) is 153 cm³/mol. The van der Waals surface area contributed by atoms with Gasteiger partial charge in [-0.1, -0.05) is 87.0 Å². The number of para-hydroxylation sites is 1. The summed E-state index contributed by atoms with van der Waals surface area (Å²) in [6, 6.07) is 19.4. The number of carbonyl (C=O) groups is 3. The first-order valence-electron chi connectivity index (χ1n) is 13.6. The molecule has 5 nitrogen and oxygen atoms in total. The number of fused-ring (bicyclic) bond motifs is 5. The Balaban J connectivity index is 1.72. The molecule has 3 aromatic carbocycles. The molecule has 2 heterocycles. The fourth-order valence-electron chi connectivity index (χ4n) is 6.91. The van der Waals surface area contributed by atoms with Crippen molar-refractivity contribution in [1.82, 2.24) is 0 Å². The molecule has 1 spiro atoms. The largest absolute Gasteiger partial charge is 0.494 e. The zero-order valence-electron chi connectivity index (χ0n) is 23.0. The summed E-state index contributed by atoms with van der Waals surface area (Å²) >= 11 is 0. The molecule has 0 aromatic heterocycles. The van der Waals surface area contributed by atoms with Gasteiger partial charge in [-0.15, -0.1) is 0 Å². The predicted octanol–water partition coefficient (Wildman–Crippen LogP) is 6.44. The number of anilines is 1. The van der Waals surface area contributed by atoms with Gasteiger partial charge in [0.05, 0.1) is 18.7 Å². The summed E-state index contributed by atoms with van der Waals surface area (Å²) in [6.45, 7) is 10.1. The quantitative estimate of drug-likeness (QED) is 0.371. The standard InChI is InChI=1S/C34H33NO4/c1-6-39-26-14-10-9-13-24(26)28-29(32(38)33(3,4)5)35-25-17-15-20(2)19-21(25)16-18-27(35)34(28)30(36)22-11-7-8-12-23(22)31(34)37/h7-19,27-29H,6H2,1-5H3/t27?,28-,29+/m0/s1. The lowest BCUT2D eigenvalue weighted by Gasteiger charge is -2.38. The third kappa shape index (κ3) is 3.42. The van der Waals surface area contributed by atoms with Gasteiger partial charge in [0, 0.05) is 33.7 Å². The zero-order valence-corrected chi connectivity index (χ0v) is 23.0. The van der Waals surface area contributed by atoms with Crippen molar-refractivity contribution in [3.63, 3.8) is 0 Å². The highest BCUT2D eigenvalue weighted by atomic mass is 16.5. The van der Waals surface area contributed by atoms with E-state index in [-0.39, 0.29) is 17.3 Å². The molecule has 198 valence electrons. The third-order valence-corrected chi connectivity index (χ3v) is 8.52. The summed E-state index contributed by atoms with van der Waals surface area (Å²) in [6.07, 6.45) is 3.97. The van der Waals surface area contributed by atoms with Crippen LogP contribution in [-0.4, -0.2) is 36.0 Å². The smallest absolute Gasteiger partial charge is 0.180 e. The third-order valence-electron chi connectivity index (χ3n) is 8.52. The van der Waals surface area contributed by atoms with E-state index in [0.717, 1.165) is 16.8 Å². The second-order valence-corrected chi connectivity index (χ2v) is 11.9. The van der Waals surface area contributed by atoms with Crippen molar-refractivity contribution in [3.8, 4) is 5.75 Å². The maximum Gasteiger partial charge on any atom is 0.180 e. The van der Waals surface area contributed by atoms with Gasteiger partial charge in [-0.25, -0.2) is 0 Å². The zero-order chi connectivity index (χ0) is 27.7. The van der Waals surface area contributed by atoms with E-state index in [1.54, 1.807) is 24.3 Å². The average Bonchev–Trinajstić information content (AvgIpc) is 3.34. The second-order valence-electron chi connectivity index (χ2n) is 11.9. The molecule has 1 saturated heterocycles. The molecule has 0 N–H and O–H groups in total. The molecule has 3 aromatic rings. The monoisotopic (exact) mass is 519 g/mol. The lowest BCUT2D eigenvalue weighted by Crippen LogP contribution is -2.49. The highest BCUT2D eigenvalue weighted by Crippen LogP contribution is 2.62. The Morgan fingerprint density at radius 3 is 2.23 bits per heavy atom. The lowest BCUT2D eigenvalue weighted by atomic mass is 9.63. The van der Waals surface area contributed by atoms with Crippen molar-refractivity contribution in [2.24, 2.45) is 10.8 Å². The Kier molecular flexibility index (Phi) is 5.69. The topological polar surface area (TPSA) is 63.7 Å². The number of Topliss-reactive ketones (excluding diaryl/α,β-unsaturated/α-hetero) is 3. The SMILES string of the molecule is CCOc1ccccc1[C@H]1[C@H](C(=O)C(C)(C)C)N2c3ccc(C)cc3C=CC2C12C(=O)c1ccccc1C2=O. The number of aryl methyl sites for hydroxylation is 1. The average molecular weight is 520 g/mol. The van der Waals surface area contributed by atoms with Crippen LogP contribution in [0.25, 0.3) is 6.08 Å². The van der Waals surface area contributed by atoms with Gasteiger partial charge in [-0.3, -0.25) is 14.4 Å². The van der Waals surface area contributed by atoms with E-state index in [0.29, 0.717) is 29.0 Å². The van der Waals surface area contributed by atoms with Crippen molar-refractivity contribution in [2.45, 2.75) is 52.6 Å². The van der Waals surface area contributed by atoms with Gasteiger partial charge >= 0.3 is 0 Å². The van der Waals surface area contributed by atoms with E-state index in [2.05, 4.69) is 11.0 Å². The van der Waals surface area contributed by atoms with Gasteiger partial charge < -0.3 is 9.64 Å². The van der Waals surface area contributed by atoms with Crippen LogP contribution in [0.15, 0.2) is 72.8 Å². The van der Waals surface area contributed by atoms with Crippen LogP contribution < -0.4 is 9.64 Å². The van der Waals surface area contributed by atoms with E-state index in [1.807, 2.05) is 83.2 Å². The van der Waals surface area contributed by atoms with Crippen molar-refractivity contribution in [3.05, 3.63) is 101 Å². The minimum absolute atomic E-state index is 0.0148. The highest BCUT2D eigenvalue weighted by Gasteiger charge is 2.72. The fraction of sp³-hybridized carbons (Fsp3) is 0.324. The van der Waals surface area contributed by atoms with Gasteiger partial charge in [0.2, 0.25) is 0 Å². The van der Waals surface area contributed by atoms with Crippen molar-refractivity contribution in [1.29, 1.82) is 0 Å². The molecule has 2 aliphatic heterocycles. The molecule has 0 bridgehead atoms. The molecule has 1 unspecified atom stereocenters. The Morgan fingerprint density at radius 1 is 0.949 bits per heavy atom. The van der Waals surface area contributed by atoms with Crippen LogP contribution in [0.1, 0.15) is 71.0 Å². The summed E-state index contributed by atoms with van der Waals surface area (Å²) < 4.78 is 6.08. The molecule has 39 heavy (non-hydrogen) atoms. The van der Waals surface area contributed by atoms with E-state index in [9.17, 15) is 14.4 Å². The fourth-order valence-corrected chi connectivity index (χ4v) is 6.91.